The van der Waals surface area contributed by atoms with Crippen molar-refractivity contribution in [3.8, 4) is 28.5 Å². The van der Waals surface area contributed by atoms with E-state index in [1.807, 2.05) is 30.3 Å². The first-order valence-electron chi connectivity index (χ1n) is 10.2. The van der Waals surface area contributed by atoms with E-state index in [0.29, 0.717) is 40.6 Å². The van der Waals surface area contributed by atoms with E-state index in [-0.39, 0.29) is 5.78 Å². The molecule has 0 saturated carbocycles. The molecule has 0 unspecified atom stereocenters. The van der Waals surface area contributed by atoms with Crippen LogP contribution in [0.3, 0.4) is 0 Å². The zero-order valence-electron chi connectivity index (χ0n) is 17.8. The summed E-state index contributed by atoms with van der Waals surface area (Å²) in [4.78, 5) is 20.5. The smallest absolute Gasteiger partial charge is 0.222 e. The Balaban J connectivity index is 1.85. The van der Waals surface area contributed by atoms with Gasteiger partial charge in [-0.05, 0) is 55.1 Å². The van der Waals surface area contributed by atoms with Gasteiger partial charge in [0.25, 0.3) is 0 Å². The van der Waals surface area contributed by atoms with Crippen LogP contribution in [0, 0.1) is 0 Å². The first-order chi connectivity index (χ1) is 14.6. The third-order valence-electron chi connectivity index (χ3n) is 5.67. The molecule has 0 radical (unpaired) electrons. The molecule has 1 aliphatic rings. The van der Waals surface area contributed by atoms with E-state index in [0.717, 1.165) is 36.1 Å². The van der Waals surface area contributed by atoms with Crippen LogP contribution in [-0.2, 0) is 0 Å². The van der Waals surface area contributed by atoms with Crippen molar-refractivity contribution in [2.45, 2.75) is 13.8 Å². The first-order valence-corrected chi connectivity index (χ1v) is 10.2. The van der Waals surface area contributed by atoms with Crippen molar-refractivity contribution < 1.29 is 19.0 Å². The molecule has 1 heterocycles. The highest BCUT2D eigenvalue weighted by atomic mass is 16.5. The predicted octanol–water partition coefficient (Wildman–Crippen LogP) is 4.18. The third-order valence-corrected chi connectivity index (χ3v) is 5.67. The number of aromatic nitrogens is 1. The van der Waals surface area contributed by atoms with Crippen LogP contribution in [0.25, 0.3) is 22.0 Å². The molecular formula is C24H26N2O4. The molecule has 0 aliphatic heterocycles. The molecule has 2 aromatic carbocycles. The number of likely N-dealkylation sites (N-methyl/N-ethyl adjacent to an activating group) is 1. The summed E-state index contributed by atoms with van der Waals surface area (Å²) < 4.78 is 16.9. The number of rotatable bonds is 8. The van der Waals surface area contributed by atoms with Crippen molar-refractivity contribution in [1.29, 1.82) is 0 Å². The molecule has 156 valence electrons. The van der Waals surface area contributed by atoms with Crippen molar-refractivity contribution >= 4 is 16.7 Å². The molecule has 1 aliphatic carbocycles. The van der Waals surface area contributed by atoms with E-state index in [2.05, 4.69) is 18.7 Å². The van der Waals surface area contributed by atoms with E-state index in [1.54, 1.807) is 20.3 Å². The number of ether oxygens (including phenoxy) is 3. The highest BCUT2D eigenvalue weighted by molar-refractivity contribution is 6.28. The van der Waals surface area contributed by atoms with Gasteiger partial charge in [0, 0.05) is 23.1 Å². The highest BCUT2D eigenvalue weighted by Crippen LogP contribution is 2.46. The minimum absolute atomic E-state index is 0.0480. The lowest BCUT2D eigenvalue weighted by atomic mass is 10.0. The van der Waals surface area contributed by atoms with E-state index >= 15 is 0 Å². The number of ketones is 1. The van der Waals surface area contributed by atoms with Crippen LogP contribution in [0.1, 0.15) is 29.8 Å². The Kier molecular flexibility index (Phi) is 5.59. The van der Waals surface area contributed by atoms with Crippen molar-refractivity contribution in [2.24, 2.45) is 0 Å². The Morgan fingerprint density at radius 3 is 2.30 bits per heavy atom. The summed E-state index contributed by atoms with van der Waals surface area (Å²) >= 11 is 0. The van der Waals surface area contributed by atoms with Gasteiger partial charge in [0.2, 0.25) is 5.88 Å². The topological polar surface area (TPSA) is 60.9 Å². The molecule has 0 atom stereocenters. The number of carbonyl (C=O) groups is 1. The van der Waals surface area contributed by atoms with Crippen molar-refractivity contribution in [3.05, 3.63) is 47.5 Å². The summed E-state index contributed by atoms with van der Waals surface area (Å²) in [6.45, 7) is 7.49. The number of carbonyl (C=O) groups excluding carboxylic acids is 1. The van der Waals surface area contributed by atoms with Gasteiger partial charge in [0.05, 0.1) is 25.3 Å². The molecule has 0 bridgehead atoms. The second kappa shape index (κ2) is 8.32. The van der Waals surface area contributed by atoms with Crippen LogP contribution in [0.2, 0.25) is 0 Å². The number of hydrogen-bond acceptors (Lipinski definition) is 6. The Hall–Kier alpha value is -3.12. The first kappa shape index (κ1) is 20.2. The fourth-order valence-electron chi connectivity index (χ4n) is 3.94. The average molecular weight is 406 g/mol. The van der Waals surface area contributed by atoms with Crippen LogP contribution in [0.4, 0.5) is 0 Å². The lowest BCUT2D eigenvalue weighted by Gasteiger charge is -2.19. The largest absolute Gasteiger partial charge is 0.497 e. The second-order valence-electron chi connectivity index (χ2n) is 7.17. The number of nitrogens with zero attached hydrogens (tertiary/aromatic N) is 2. The fraction of sp³-hybridized carbons (Fsp3) is 0.333. The Bertz CT molecular complexity index is 1110. The second-order valence-corrected chi connectivity index (χ2v) is 7.17. The zero-order chi connectivity index (χ0) is 21.3. The molecule has 0 N–H and O–H groups in total. The van der Waals surface area contributed by atoms with Gasteiger partial charge in [-0.25, -0.2) is 4.98 Å². The number of benzene rings is 2. The van der Waals surface area contributed by atoms with Gasteiger partial charge in [-0.3, -0.25) is 4.79 Å². The minimum atomic E-state index is -0.0480. The molecule has 0 amide bonds. The summed E-state index contributed by atoms with van der Waals surface area (Å²) in [6.07, 6.45) is 0. The summed E-state index contributed by atoms with van der Waals surface area (Å²) in [5, 5.41) is 0.764. The Morgan fingerprint density at radius 2 is 1.60 bits per heavy atom. The lowest BCUT2D eigenvalue weighted by molar-refractivity contribution is 0.104. The third kappa shape index (κ3) is 3.37. The maximum Gasteiger partial charge on any atom is 0.222 e. The number of hydrogen-bond donors (Lipinski definition) is 0. The van der Waals surface area contributed by atoms with Crippen LogP contribution < -0.4 is 14.2 Å². The predicted molar refractivity (Wildman–Crippen MR) is 117 cm³/mol. The molecule has 6 nitrogen and oxygen atoms in total. The van der Waals surface area contributed by atoms with E-state index < -0.39 is 0 Å². The quantitative estimate of drug-likeness (QED) is 0.437. The van der Waals surface area contributed by atoms with Crippen LogP contribution in [0.15, 0.2) is 36.4 Å². The standard InChI is InChI=1S/C24H26N2O4/c1-5-26(6-2)11-12-30-24-22-17-9-7-15(28-3)13-18(17)23(27)21(22)19-14-16(29-4)8-10-20(19)25-24/h7-10,13-14H,5-6,11-12H2,1-4H3. The Labute approximate surface area is 176 Å². The normalized spacial score (nSPS) is 12.2. The molecule has 0 saturated heterocycles. The molecule has 30 heavy (non-hydrogen) atoms. The van der Waals surface area contributed by atoms with Crippen molar-refractivity contribution in [1.82, 2.24) is 9.88 Å². The SMILES string of the molecule is CCN(CC)CCOc1nc2ccc(OC)cc2c2c1-c1ccc(OC)cc1C2=O. The monoisotopic (exact) mass is 406 g/mol. The van der Waals surface area contributed by atoms with Crippen LogP contribution >= 0.6 is 0 Å². The van der Waals surface area contributed by atoms with Gasteiger partial charge in [0.1, 0.15) is 18.1 Å². The van der Waals surface area contributed by atoms with Crippen molar-refractivity contribution in [3.63, 3.8) is 0 Å². The molecule has 6 heteroatoms. The Morgan fingerprint density at radius 1 is 0.900 bits per heavy atom. The van der Waals surface area contributed by atoms with Gasteiger partial charge in [-0.2, -0.15) is 0 Å². The number of methoxy groups -OCH3 is 2. The fourth-order valence-corrected chi connectivity index (χ4v) is 3.94. The minimum Gasteiger partial charge on any atom is -0.497 e. The molecule has 4 rings (SSSR count). The maximum absolute atomic E-state index is 13.4. The van der Waals surface area contributed by atoms with Crippen molar-refractivity contribution in [2.75, 3.05) is 40.5 Å². The van der Waals surface area contributed by atoms with Crippen LogP contribution in [-0.4, -0.2) is 56.1 Å². The molecule has 1 aromatic heterocycles. The number of fused-ring (bicyclic) bond motifs is 5. The zero-order valence-corrected chi connectivity index (χ0v) is 17.8. The maximum atomic E-state index is 13.4. The molecule has 0 spiro atoms. The van der Waals surface area contributed by atoms with Crippen LogP contribution in [0.5, 0.6) is 17.4 Å². The molecule has 0 fully saturated rings. The summed E-state index contributed by atoms with van der Waals surface area (Å²) in [5.41, 5.74) is 3.50. The lowest BCUT2D eigenvalue weighted by Crippen LogP contribution is -2.28. The van der Waals surface area contributed by atoms with Gasteiger partial charge in [-0.1, -0.05) is 13.8 Å². The molecule has 3 aromatic rings. The summed E-state index contributed by atoms with van der Waals surface area (Å²) in [5.74, 6) is 1.78. The summed E-state index contributed by atoms with van der Waals surface area (Å²) in [6, 6.07) is 11.1. The van der Waals surface area contributed by atoms with Gasteiger partial charge < -0.3 is 19.1 Å². The van der Waals surface area contributed by atoms with E-state index in [1.165, 1.54) is 0 Å². The number of pyridine rings is 1. The highest BCUT2D eigenvalue weighted by Gasteiger charge is 2.33. The summed E-state index contributed by atoms with van der Waals surface area (Å²) in [7, 11) is 3.21. The van der Waals surface area contributed by atoms with Gasteiger partial charge >= 0.3 is 0 Å². The van der Waals surface area contributed by atoms with Gasteiger partial charge in [0.15, 0.2) is 5.78 Å². The van der Waals surface area contributed by atoms with E-state index in [4.69, 9.17) is 19.2 Å². The van der Waals surface area contributed by atoms with E-state index in [9.17, 15) is 4.79 Å². The molecular weight excluding hydrogens is 380 g/mol. The average Bonchev–Trinajstić information content (AvgIpc) is 3.08. The van der Waals surface area contributed by atoms with Gasteiger partial charge in [-0.15, -0.1) is 0 Å².